The van der Waals surface area contributed by atoms with Crippen molar-refractivity contribution in [1.82, 2.24) is 4.90 Å². The highest BCUT2D eigenvalue weighted by molar-refractivity contribution is 7.10. The van der Waals surface area contributed by atoms with Crippen molar-refractivity contribution in [3.05, 3.63) is 44.3 Å². The van der Waals surface area contributed by atoms with Crippen molar-refractivity contribution in [2.45, 2.75) is 19.5 Å². The highest BCUT2D eigenvalue weighted by atomic mass is 32.1. The zero-order valence-corrected chi connectivity index (χ0v) is 12.1. The number of nitrogens with two attached hydrogens (primary N) is 1. The number of thiophene rings is 2. The molecule has 0 bridgehead atoms. The van der Waals surface area contributed by atoms with Gasteiger partial charge in [-0.05, 0) is 35.4 Å². The number of carbonyl (C=O) groups is 1. The Kier molecular flexibility index (Phi) is 4.16. The lowest BCUT2D eigenvalue weighted by molar-refractivity contribution is -0.131. The fourth-order valence-corrected chi connectivity index (χ4v) is 3.36. The second-order valence-corrected chi connectivity index (χ2v) is 6.19. The van der Waals surface area contributed by atoms with Crippen LogP contribution in [0.5, 0.6) is 0 Å². The first-order valence-corrected chi connectivity index (χ1v) is 7.42. The van der Waals surface area contributed by atoms with Crippen LogP contribution in [0.1, 0.15) is 21.4 Å². The number of aryl methyl sites for hydroxylation is 1. The lowest BCUT2D eigenvalue weighted by atomic mass is 10.2. The van der Waals surface area contributed by atoms with Gasteiger partial charge in [-0.3, -0.25) is 4.79 Å². The van der Waals surface area contributed by atoms with Crippen LogP contribution >= 0.6 is 22.7 Å². The van der Waals surface area contributed by atoms with E-state index in [1.165, 1.54) is 21.8 Å². The van der Waals surface area contributed by atoms with Gasteiger partial charge in [-0.1, -0.05) is 6.07 Å². The van der Waals surface area contributed by atoms with E-state index >= 15 is 0 Å². The Hall–Kier alpha value is -1.17. The average Bonchev–Trinajstić information content (AvgIpc) is 3.00. The predicted octanol–water partition coefficient (Wildman–Crippen LogP) is 2.78. The molecule has 0 fully saturated rings. The monoisotopic (exact) mass is 280 g/mol. The van der Waals surface area contributed by atoms with E-state index in [0.29, 0.717) is 6.54 Å². The quantitative estimate of drug-likeness (QED) is 0.936. The van der Waals surface area contributed by atoms with Gasteiger partial charge in [0.2, 0.25) is 5.91 Å². The fourth-order valence-electron chi connectivity index (χ4n) is 1.69. The Bertz CT molecular complexity index is 519. The van der Waals surface area contributed by atoms with Gasteiger partial charge in [-0.15, -0.1) is 22.7 Å². The van der Waals surface area contributed by atoms with Crippen LogP contribution in [0.15, 0.2) is 29.0 Å². The minimum atomic E-state index is -0.546. The molecule has 0 aliphatic rings. The largest absolute Gasteiger partial charge is 0.339 e. The third kappa shape index (κ3) is 2.80. The van der Waals surface area contributed by atoms with Crippen LogP contribution in [-0.2, 0) is 11.3 Å². The van der Waals surface area contributed by atoms with Crippen molar-refractivity contribution in [2.24, 2.45) is 5.73 Å². The number of rotatable bonds is 4. The van der Waals surface area contributed by atoms with Gasteiger partial charge in [0.1, 0.15) is 6.04 Å². The molecule has 1 unspecified atom stereocenters. The Morgan fingerprint density at radius 2 is 2.17 bits per heavy atom. The van der Waals surface area contributed by atoms with E-state index in [0.717, 1.165) is 4.88 Å². The summed E-state index contributed by atoms with van der Waals surface area (Å²) in [4.78, 5) is 16.0. The Labute approximate surface area is 115 Å². The normalized spacial score (nSPS) is 12.4. The fraction of sp³-hybridized carbons (Fsp3) is 0.308. The molecule has 18 heavy (non-hydrogen) atoms. The van der Waals surface area contributed by atoms with Crippen LogP contribution in [0.4, 0.5) is 0 Å². The topological polar surface area (TPSA) is 46.3 Å². The molecule has 2 N–H and O–H groups in total. The average molecular weight is 280 g/mol. The summed E-state index contributed by atoms with van der Waals surface area (Å²) >= 11 is 3.19. The summed E-state index contributed by atoms with van der Waals surface area (Å²) in [5.74, 6) is -0.0368. The van der Waals surface area contributed by atoms with Crippen molar-refractivity contribution in [2.75, 3.05) is 7.05 Å². The molecule has 0 aliphatic carbocycles. The van der Waals surface area contributed by atoms with Crippen molar-refractivity contribution in [3.63, 3.8) is 0 Å². The van der Waals surface area contributed by atoms with E-state index < -0.39 is 6.04 Å². The number of hydrogen-bond acceptors (Lipinski definition) is 4. The summed E-state index contributed by atoms with van der Waals surface area (Å²) in [7, 11) is 1.80. The van der Waals surface area contributed by atoms with Crippen molar-refractivity contribution >= 4 is 28.6 Å². The SMILES string of the molecule is Cc1ccsc1CN(C)C(=O)C(N)c1cccs1. The minimum Gasteiger partial charge on any atom is -0.339 e. The molecule has 5 heteroatoms. The Morgan fingerprint density at radius 1 is 1.39 bits per heavy atom. The maximum absolute atomic E-state index is 12.2. The number of amides is 1. The van der Waals surface area contributed by atoms with E-state index in [1.54, 1.807) is 23.3 Å². The van der Waals surface area contributed by atoms with Crippen LogP contribution in [0.25, 0.3) is 0 Å². The van der Waals surface area contributed by atoms with Crippen LogP contribution in [0.2, 0.25) is 0 Å². The van der Waals surface area contributed by atoms with Gasteiger partial charge in [-0.25, -0.2) is 0 Å². The van der Waals surface area contributed by atoms with Gasteiger partial charge in [0.25, 0.3) is 0 Å². The van der Waals surface area contributed by atoms with Gasteiger partial charge in [0.05, 0.1) is 6.54 Å². The van der Waals surface area contributed by atoms with Gasteiger partial charge in [0, 0.05) is 16.8 Å². The third-order valence-electron chi connectivity index (χ3n) is 2.84. The maximum atomic E-state index is 12.2. The van der Waals surface area contributed by atoms with E-state index in [9.17, 15) is 4.79 Å². The molecule has 0 saturated carbocycles. The van der Waals surface area contributed by atoms with Crippen molar-refractivity contribution < 1.29 is 4.79 Å². The second kappa shape index (κ2) is 5.65. The zero-order chi connectivity index (χ0) is 13.1. The summed E-state index contributed by atoms with van der Waals surface area (Å²) in [6.07, 6.45) is 0. The molecule has 1 atom stereocenters. The van der Waals surface area contributed by atoms with Crippen molar-refractivity contribution in [1.29, 1.82) is 0 Å². The smallest absolute Gasteiger partial charge is 0.244 e. The molecule has 2 aromatic rings. The number of nitrogens with zero attached hydrogens (tertiary/aromatic N) is 1. The summed E-state index contributed by atoms with van der Waals surface area (Å²) in [5.41, 5.74) is 7.20. The molecule has 1 amide bonds. The molecular weight excluding hydrogens is 264 g/mol. The molecule has 0 aliphatic heterocycles. The van der Waals surface area contributed by atoms with Crippen LogP contribution in [0.3, 0.4) is 0 Å². The first kappa shape index (κ1) is 13.3. The predicted molar refractivity (Wildman–Crippen MR) is 76.8 cm³/mol. The second-order valence-electron chi connectivity index (χ2n) is 4.21. The highest BCUT2D eigenvalue weighted by Gasteiger charge is 2.21. The minimum absolute atomic E-state index is 0.0368. The number of hydrogen-bond donors (Lipinski definition) is 1. The van der Waals surface area contributed by atoms with Gasteiger partial charge in [-0.2, -0.15) is 0 Å². The molecule has 0 aromatic carbocycles. The van der Waals surface area contributed by atoms with Crippen LogP contribution in [-0.4, -0.2) is 17.9 Å². The van der Waals surface area contributed by atoms with Crippen molar-refractivity contribution in [3.8, 4) is 0 Å². The zero-order valence-electron chi connectivity index (χ0n) is 10.4. The molecule has 0 saturated heterocycles. The van der Waals surface area contributed by atoms with Gasteiger partial charge >= 0.3 is 0 Å². The maximum Gasteiger partial charge on any atom is 0.244 e. The standard InChI is InChI=1S/C13H16N2OS2/c1-9-5-7-18-11(9)8-15(2)13(16)12(14)10-4-3-6-17-10/h3-7,12H,8,14H2,1-2H3. The first-order chi connectivity index (χ1) is 8.59. The first-order valence-electron chi connectivity index (χ1n) is 5.66. The van der Waals surface area contributed by atoms with E-state index in [2.05, 4.69) is 13.0 Å². The highest BCUT2D eigenvalue weighted by Crippen LogP contribution is 2.21. The number of likely N-dealkylation sites (N-methyl/N-ethyl adjacent to an activating group) is 1. The molecule has 2 aromatic heterocycles. The van der Waals surface area contributed by atoms with Gasteiger partial charge in [0.15, 0.2) is 0 Å². The lowest BCUT2D eigenvalue weighted by Gasteiger charge is -2.20. The molecular formula is C13H16N2OS2. The van der Waals surface area contributed by atoms with Gasteiger partial charge < -0.3 is 10.6 Å². The number of carbonyl (C=O) groups excluding carboxylic acids is 1. The Morgan fingerprint density at radius 3 is 2.72 bits per heavy atom. The molecule has 3 nitrogen and oxygen atoms in total. The molecule has 96 valence electrons. The van der Waals surface area contributed by atoms with Crippen LogP contribution in [0, 0.1) is 6.92 Å². The van der Waals surface area contributed by atoms with Crippen LogP contribution < -0.4 is 5.73 Å². The van der Waals surface area contributed by atoms with E-state index in [1.807, 2.05) is 22.9 Å². The summed E-state index contributed by atoms with van der Waals surface area (Å²) < 4.78 is 0. The molecule has 2 heterocycles. The van der Waals surface area contributed by atoms with E-state index in [-0.39, 0.29) is 5.91 Å². The summed E-state index contributed by atoms with van der Waals surface area (Å²) in [5, 5.41) is 3.98. The van der Waals surface area contributed by atoms with E-state index in [4.69, 9.17) is 5.73 Å². The molecule has 0 radical (unpaired) electrons. The summed E-state index contributed by atoms with van der Waals surface area (Å²) in [6.45, 7) is 2.69. The molecule has 0 spiro atoms. The molecule has 2 rings (SSSR count). The Balaban J connectivity index is 2.03. The lowest BCUT2D eigenvalue weighted by Crippen LogP contribution is -2.34. The summed E-state index contributed by atoms with van der Waals surface area (Å²) in [6, 6.07) is 5.33. The third-order valence-corrected chi connectivity index (χ3v) is 4.80.